The molecule has 1 unspecified atom stereocenters. The van der Waals surface area contributed by atoms with Crippen LogP contribution in [0.25, 0.3) is 0 Å². The summed E-state index contributed by atoms with van der Waals surface area (Å²) >= 11 is 3.20. The predicted octanol–water partition coefficient (Wildman–Crippen LogP) is 2.35. The summed E-state index contributed by atoms with van der Waals surface area (Å²) in [5, 5.41) is 20.8. The van der Waals surface area contributed by atoms with Crippen LogP contribution < -0.4 is 4.74 Å². The Bertz CT molecular complexity index is 463. The van der Waals surface area contributed by atoms with Crippen molar-refractivity contribution in [1.29, 1.82) is 0 Å². The zero-order valence-corrected chi connectivity index (χ0v) is 12.7. The van der Waals surface area contributed by atoms with E-state index in [1.54, 1.807) is 13.0 Å². The first-order chi connectivity index (χ1) is 8.82. The van der Waals surface area contributed by atoms with Gasteiger partial charge in [0.15, 0.2) is 0 Å². The van der Waals surface area contributed by atoms with Crippen molar-refractivity contribution in [1.82, 2.24) is 4.90 Å². The molecule has 0 spiro atoms. The molecule has 0 heterocycles. The van der Waals surface area contributed by atoms with Crippen molar-refractivity contribution in [3.05, 3.63) is 32.3 Å². The van der Waals surface area contributed by atoms with Crippen LogP contribution in [0.3, 0.4) is 0 Å². The van der Waals surface area contributed by atoms with Crippen molar-refractivity contribution in [3.8, 4) is 5.75 Å². The van der Waals surface area contributed by atoms with Gasteiger partial charge in [0.1, 0.15) is 6.61 Å². The van der Waals surface area contributed by atoms with Gasteiger partial charge in [-0.05, 0) is 27.1 Å². The minimum Gasteiger partial charge on any atom is -0.485 e. The van der Waals surface area contributed by atoms with Gasteiger partial charge in [-0.1, -0.05) is 15.9 Å². The van der Waals surface area contributed by atoms with Gasteiger partial charge in [-0.15, -0.1) is 0 Å². The minimum absolute atomic E-state index is 0.130. The molecule has 0 amide bonds. The second-order valence-electron chi connectivity index (χ2n) is 4.43. The lowest BCUT2D eigenvalue weighted by atomic mass is 10.1. The quantitative estimate of drug-likeness (QED) is 0.639. The van der Waals surface area contributed by atoms with E-state index in [1.165, 1.54) is 6.07 Å². The SMILES string of the molecule is CC(O)c1cc(Br)cc([N+](=O)[O-])c1OCCN(C)C. The van der Waals surface area contributed by atoms with Gasteiger partial charge in [0.05, 0.1) is 11.0 Å². The number of aliphatic hydroxyl groups excluding tert-OH is 1. The fourth-order valence-corrected chi connectivity index (χ4v) is 2.00. The lowest BCUT2D eigenvalue weighted by molar-refractivity contribution is -0.386. The molecular weight excluding hydrogens is 316 g/mol. The van der Waals surface area contributed by atoms with Crippen molar-refractivity contribution >= 4 is 21.6 Å². The van der Waals surface area contributed by atoms with Crippen LogP contribution in [-0.2, 0) is 0 Å². The lowest BCUT2D eigenvalue weighted by Gasteiger charge is -2.16. The Labute approximate surface area is 120 Å². The Balaban J connectivity index is 3.12. The summed E-state index contributed by atoms with van der Waals surface area (Å²) < 4.78 is 6.03. The first-order valence-corrected chi connectivity index (χ1v) is 6.55. The highest BCUT2D eigenvalue weighted by molar-refractivity contribution is 9.10. The number of hydrogen-bond donors (Lipinski definition) is 1. The third-order valence-corrected chi connectivity index (χ3v) is 2.95. The Morgan fingerprint density at radius 1 is 1.53 bits per heavy atom. The Kier molecular flexibility index (Phi) is 5.71. The Hall–Kier alpha value is -1.18. The van der Waals surface area contributed by atoms with E-state index >= 15 is 0 Å². The van der Waals surface area contributed by atoms with Gasteiger partial charge in [-0.2, -0.15) is 0 Å². The summed E-state index contributed by atoms with van der Waals surface area (Å²) in [6.07, 6.45) is -0.842. The number of aliphatic hydroxyl groups is 1. The van der Waals surface area contributed by atoms with Crippen LogP contribution in [0.1, 0.15) is 18.6 Å². The number of nitrogens with zero attached hydrogens (tertiary/aromatic N) is 2. The zero-order valence-electron chi connectivity index (χ0n) is 11.1. The maximum Gasteiger partial charge on any atom is 0.312 e. The van der Waals surface area contributed by atoms with Crippen LogP contribution >= 0.6 is 15.9 Å². The highest BCUT2D eigenvalue weighted by atomic mass is 79.9. The van der Waals surface area contributed by atoms with Crippen LogP contribution in [0.4, 0.5) is 5.69 Å². The van der Waals surface area contributed by atoms with E-state index in [4.69, 9.17) is 4.74 Å². The molecule has 1 aromatic rings. The van der Waals surface area contributed by atoms with Crippen LogP contribution in [-0.4, -0.2) is 42.2 Å². The van der Waals surface area contributed by atoms with Crippen LogP contribution in [0.2, 0.25) is 0 Å². The van der Waals surface area contributed by atoms with Gasteiger partial charge in [0, 0.05) is 22.6 Å². The smallest absolute Gasteiger partial charge is 0.312 e. The lowest BCUT2D eigenvalue weighted by Crippen LogP contribution is -2.20. The van der Waals surface area contributed by atoms with Crippen molar-refractivity contribution in [2.45, 2.75) is 13.0 Å². The second kappa shape index (κ2) is 6.83. The third-order valence-electron chi connectivity index (χ3n) is 2.49. The second-order valence-corrected chi connectivity index (χ2v) is 5.34. The van der Waals surface area contributed by atoms with Crippen molar-refractivity contribution in [3.63, 3.8) is 0 Å². The molecule has 0 aliphatic rings. The topological polar surface area (TPSA) is 75.8 Å². The molecule has 0 aliphatic carbocycles. The molecule has 0 saturated heterocycles. The summed E-state index contributed by atoms with van der Waals surface area (Å²) in [5.74, 6) is 0.130. The normalized spacial score (nSPS) is 12.5. The summed E-state index contributed by atoms with van der Waals surface area (Å²) in [6, 6.07) is 3.00. The Morgan fingerprint density at radius 2 is 2.16 bits per heavy atom. The van der Waals surface area contributed by atoms with E-state index in [9.17, 15) is 15.2 Å². The van der Waals surface area contributed by atoms with E-state index in [0.717, 1.165) is 0 Å². The number of ether oxygens (including phenoxy) is 1. The average molecular weight is 333 g/mol. The van der Waals surface area contributed by atoms with Gasteiger partial charge in [-0.3, -0.25) is 10.1 Å². The molecule has 0 aromatic heterocycles. The zero-order chi connectivity index (χ0) is 14.6. The molecule has 106 valence electrons. The molecule has 0 fully saturated rings. The van der Waals surface area contributed by atoms with Crippen LogP contribution in [0.15, 0.2) is 16.6 Å². The maximum absolute atomic E-state index is 11.1. The van der Waals surface area contributed by atoms with Crippen LogP contribution in [0, 0.1) is 10.1 Å². The molecule has 1 atom stereocenters. The fraction of sp³-hybridized carbons (Fsp3) is 0.500. The molecule has 19 heavy (non-hydrogen) atoms. The third kappa shape index (κ3) is 4.45. The summed E-state index contributed by atoms with van der Waals surface area (Å²) in [4.78, 5) is 12.5. The number of nitro groups is 1. The van der Waals surface area contributed by atoms with Gasteiger partial charge < -0.3 is 14.7 Å². The molecule has 6 nitrogen and oxygen atoms in total. The predicted molar refractivity (Wildman–Crippen MR) is 75.5 cm³/mol. The van der Waals surface area contributed by atoms with Crippen molar-refractivity contribution in [2.75, 3.05) is 27.2 Å². The summed E-state index contributed by atoms with van der Waals surface area (Å²) in [6.45, 7) is 2.49. The van der Waals surface area contributed by atoms with Gasteiger partial charge >= 0.3 is 5.69 Å². The van der Waals surface area contributed by atoms with Gasteiger partial charge in [0.2, 0.25) is 5.75 Å². The van der Waals surface area contributed by atoms with E-state index in [2.05, 4.69) is 15.9 Å². The van der Waals surface area contributed by atoms with Crippen LogP contribution in [0.5, 0.6) is 5.75 Å². The molecule has 7 heteroatoms. The number of nitro benzene ring substituents is 1. The standard InChI is InChI=1S/C12H17BrN2O4/c1-8(16)10-6-9(13)7-11(15(17)18)12(10)19-5-4-14(2)3/h6-8,16H,4-5H2,1-3H3. The van der Waals surface area contributed by atoms with E-state index in [1.807, 2.05) is 19.0 Å². The molecule has 1 rings (SSSR count). The number of hydrogen-bond acceptors (Lipinski definition) is 5. The number of likely N-dealkylation sites (N-methyl/N-ethyl adjacent to an activating group) is 1. The first kappa shape index (κ1) is 15.9. The number of benzene rings is 1. The molecule has 0 aliphatic heterocycles. The molecule has 0 saturated carbocycles. The Morgan fingerprint density at radius 3 is 2.63 bits per heavy atom. The average Bonchev–Trinajstić information content (AvgIpc) is 2.29. The highest BCUT2D eigenvalue weighted by Gasteiger charge is 2.23. The van der Waals surface area contributed by atoms with E-state index in [0.29, 0.717) is 23.2 Å². The highest BCUT2D eigenvalue weighted by Crippen LogP contribution is 2.37. The summed E-state index contributed by atoms with van der Waals surface area (Å²) in [7, 11) is 3.77. The maximum atomic E-state index is 11.1. The molecule has 1 aromatic carbocycles. The van der Waals surface area contributed by atoms with Crippen molar-refractivity contribution in [2.24, 2.45) is 0 Å². The molecular formula is C12H17BrN2O4. The summed E-state index contributed by atoms with van der Waals surface area (Å²) in [5.41, 5.74) is 0.254. The van der Waals surface area contributed by atoms with Crippen molar-refractivity contribution < 1.29 is 14.8 Å². The number of rotatable bonds is 6. The fourth-order valence-electron chi connectivity index (χ4n) is 1.53. The van der Waals surface area contributed by atoms with Gasteiger partial charge in [-0.25, -0.2) is 0 Å². The molecule has 0 radical (unpaired) electrons. The molecule has 1 N–H and O–H groups in total. The minimum atomic E-state index is -0.842. The molecule has 0 bridgehead atoms. The monoisotopic (exact) mass is 332 g/mol. The first-order valence-electron chi connectivity index (χ1n) is 5.76. The number of halogens is 1. The van der Waals surface area contributed by atoms with E-state index < -0.39 is 11.0 Å². The van der Waals surface area contributed by atoms with E-state index in [-0.39, 0.29) is 11.4 Å². The largest absolute Gasteiger partial charge is 0.485 e. The van der Waals surface area contributed by atoms with Gasteiger partial charge in [0.25, 0.3) is 0 Å².